The number of aliphatic hydroxyl groups excluding tert-OH is 1. The van der Waals surface area contributed by atoms with E-state index in [0.29, 0.717) is 12.3 Å². The fourth-order valence-electron chi connectivity index (χ4n) is 3.37. The Morgan fingerprint density at radius 2 is 2.33 bits per heavy atom. The van der Waals surface area contributed by atoms with Crippen LogP contribution in [0.1, 0.15) is 52.3 Å². The summed E-state index contributed by atoms with van der Waals surface area (Å²) in [7, 11) is 0. The highest BCUT2D eigenvalue weighted by Crippen LogP contribution is 2.44. The van der Waals surface area contributed by atoms with Crippen molar-refractivity contribution < 1.29 is 5.11 Å². The Morgan fingerprint density at radius 1 is 1.56 bits per heavy atom. The second-order valence-electron chi connectivity index (χ2n) is 6.30. The molecular weight excluding hydrogens is 224 g/mol. The van der Waals surface area contributed by atoms with Gasteiger partial charge in [0, 0.05) is 25.4 Å². The molecular formula is C15H26N2O. The molecule has 1 aliphatic carbocycles. The molecule has 1 N–H and O–H groups in total. The van der Waals surface area contributed by atoms with E-state index in [9.17, 15) is 5.11 Å². The van der Waals surface area contributed by atoms with Crippen molar-refractivity contribution in [1.82, 2.24) is 9.55 Å². The van der Waals surface area contributed by atoms with Crippen molar-refractivity contribution in [2.75, 3.05) is 0 Å². The first kappa shape index (κ1) is 13.6. The highest BCUT2D eigenvalue weighted by molar-refractivity contribution is 4.98. The second kappa shape index (κ2) is 5.43. The lowest BCUT2D eigenvalue weighted by Gasteiger charge is -2.31. The summed E-state index contributed by atoms with van der Waals surface area (Å²) in [5, 5.41) is 10.5. The van der Waals surface area contributed by atoms with Gasteiger partial charge >= 0.3 is 0 Å². The van der Waals surface area contributed by atoms with E-state index in [0.717, 1.165) is 25.2 Å². The molecule has 18 heavy (non-hydrogen) atoms. The average molecular weight is 250 g/mol. The number of imidazole rings is 1. The summed E-state index contributed by atoms with van der Waals surface area (Å²) in [6.07, 6.45) is 9.05. The van der Waals surface area contributed by atoms with Gasteiger partial charge in [-0.05, 0) is 30.6 Å². The normalized spacial score (nSPS) is 24.3. The Balaban J connectivity index is 2.02. The van der Waals surface area contributed by atoms with Crippen molar-refractivity contribution in [3.63, 3.8) is 0 Å². The Hall–Kier alpha value is -0.830. The highest BCUT2D eigenvalue weighted by Gasteiger charge is 2.39. The summed E-state index contributed by atoms with van der Waals surface area (Å²) in [4.78, 5) is 4.40. The van der Waals surface area contributed by atoms with Gasteiger partial charge in [-0.1, -0.05) is 27.2 Å². The molecule has 0 aliphatic heterocycles. The molecule has 1 aliphatic rings. The van der Waals surface area contributed by atoms with Gasteiger partial charge in [0.2, 0.25) is 0 Å². The van der Waals surface area contributed by atoms with Crippen molar-refractivity contribution in [1.29, 1.82) is 0 Å². The molecule has 0 saturated heterocycles. The maximum Gasteiger partial charge on any atom is 0.111 e. The summed E-state index contributed by atoms with van der Waals surface area (Å²) in [6.45, 7) is 7.73. The first-order valence-corrected chi connectivity index (χ1v) is 7.22. The molecule has 102 valence electrons. The zero-order valence-corrected chi connectivity index (χ0v) is 11.9. The molecule has 2 atom stereocenters. The van der Waals surface area contributed by atoms with Crippen LogP contribution in [0.15, 0.2) is 12.4 Å². The second-order valence-corrected chi connectivity index (χ2v) is 6.30. The number of aryl methyl sites for hydroxylation is 1. The molecule has 2 unspecified atom stereocenters. The molecule has 0 radical (unpaired) electrons. The summed E-state index contributed by atoms with van der Waals surface area (Å²) >= 11 is 0. The van der Waals surface area contributed by atoms with Crippen LogP contribution in [0.4, 0.5) is 0 Å². The van der Waals surface area contributed by atoms with Gasteiger partial charge in [-0.15, -0.1) is 0 Å². The lowest BCUT2D eigenvalue weighted by atomic mass is 9.78. The topological polar surface area (TPSA) is 38.0 Å². The third-order valence-corrected chi connectivity index (χ3v) is 4.46. The van der Waals surface area contributed by atoms with E-state index in [2.05, 4.69) is 30.3 Å². The third-order valence-electron chi connectivity index (χ3n) is 4.46. The fraction of sp³-hybridized carbons (Fsp3) is 0.800. The smallest absolute Gasteiger partial charge is 0.111 e. The molecule has 0 spiro atoms. The van der Waals surface area contributed by atoms with Crippen LogP contribution in [0.5, 0.6) is 0 Å². The molecule has 0 aromatic carbocycles. The maximum atomic E-state index is 10.5. The van der Waals surface area contributed by atoms with Crippen LogP contribution in [0.2, 0.25) is 0 Å². The van der Waals surface area contributed by atoms with E-state index < -0.39 is 0 Å². The van der Waals surface area contributed by atoms with Crippen molar-refractivity contribution in [3.8, 4) is 0 Å². The first-order chi connectivity index (χ1) is 8.54. The van der Waals surface area contributed by atoms with Crippen molar-refractivity contribution in [2.24, 2.45) is 11.3 Å². The molecule has 1 aromatic heterocycles. The Labute approximate surface area is 110 Å². The van der Waals surface area contributed by atoms with Crippen molar-refractivity contribution in [2.45, 2.75) is 65.5 Å². The molecule has 3 heteroatoms. The number of aliphatic hydroxyl groups is 1. The lowest BCUT2D eigenvalue weighted by Crippen LogP contribution is -2.32. The molecule has 1 aromatic rings. The van der Waals surface area contributed by atoms with Crippen molar-refractivity contribution >= 4 is 0 Å². The SMILES string of the molecule is CCCn1ccnc1CC(O)C1CCCC1(C)C. The monoisotopic (exact) mass is 250 g/mol. The Bertz CT molecular complexity index is 384. The predicted molar refractivity (Wildman–Crippen MR) is 73.4 cm³/mol. The number of rotatable bonds is 5. The van der Waals surface area contributed by atoms with Crippen LogP contribution in [0, 0.1) is 11.3 Å². The molecule has 1 saturated carbocycles. The van der Waals surface area contributed by atoms with Crippen LogP contribution in [-0.4, -0.2) is 20.8 Å². The zero-order valence-electron chi connectivity index (χ0n) is 11.9. The summed E-state index contributed by atoms with van der Waals surface area (Å²) in [6, 6.07) is 0. The van der Waals surface area contributed by atoms with E-state index in [1.54, 1.807) is 0 Å². The van der Waals surface area contributed by atoms with Crippen LogP contribution in [-0.2, 0) is 13.0 Å². The fourth-order valence-corrected chi connectivity index (χ4v) is 3.37. The number of aromatic nitrogens is 2. The van der Waals surface area contributed by atoms with E-state index in [-0.39, 0.29) is 11.5 Å². The van der Waals surface area contributed by atoms with Gasteiger partial charge in [0.25, 0.3) is 0 Å². The van der Waals surface area contributed by atoms with Gasteiger partial charge in [-0.25, -0.2) is 4.98 Å². The molecule has 3 nitrogen and oxygen atoms in total. The summed E-state index contributed by atoms with van der Waals surface area (Å²) in [5.74, 6) is 1.45. The molecule has 1 fully saturated rings. The van der Waals surface area contributed by atoms with Gasteiger partial charge < -0.3 is 9.67 Å². The molecule has 0 bridgehead atoms. The summed E-state index contributed by atoms with van der Waals surface area (Å²) < 4.78 is 2.17. The molecule has 2 rings (SSSR count). The van der Waals surface area contributed by atoms with Gasteiger partial charge in [0.05, 0.1) is 6.10 Å². The Morgan fingerprint density at radius 3 is 2.94 bits per heavy atom. The average Bonchev–Trinajstić information content (AvgIpc) is 2.86. The van der Waals surface area contributed by atoms with Gasteiger partial charge in [0.1, 0.15) is 5.82 Å². The van der Waals surface area contributed by atoms with E-state index in [1.807, 2.05) is 12.4 Å². The van der Waals surface area contributed by atoms with Crippen LogP contribution in [0.25, 0.3) is 0 Å². The van der Waals surface area contributed by atoms with Gasteiger partial charge in [0.15, 0.2) is 0 Å². The number of hydrogen-bond acceptors (Lipinski definition) is 2. The number of hydrogen-bond donors (Lipinski definition) is 1. The third kappa shape index (κ3) is 2.77. The molecule has 0 amide bonds. The van der Waals surface area contributed by atoms with E-state index in [4.69, 9.17) is 0 Å². The maximum absolute atomic E-state index is 10.5. The van der Waals surface area contributed by atoms with Crippen LogP contribution < -0.4 is 0 Å². The van der Waals surface area contributed by atoms with Crippen LogP contribution >= 0.6 is 0 Å². The van der Waals surface area contributed by atoms with Gasteiger partial charge in [-0.3, -0.25) is 0 Å². The largest absolute Gasteiger partial charge is 0.392 e. The minimum Gasteiger partial charge on any atom is -0.392 e. The van der Waals surface area contributed by atoms with Gasteiger partial charge in [-0.2, -0.15) is 0 Å². The number of nitrogens with zero attached hydrogens (tertiary/aromatic N) is 2. The van der Waals surface area contributed by atoms with E-state index >= 15 is 0 Å². The quantitative estimate of drug-likeness (QED) is 0.872. The highest BCUT2D eigenvalue weighted by atomic mass is 16.3. The standard InChI is InChI=1S/C15H26N2O/c1-4-9-17-10-8-16-14(17)11-13(18)12-6-5-7-15(12,2)3/h8,10,12-13,18H,4-7,9,11H2,1-3H3. The van der Waals surface area contributed by atoms with Crippen molar-refractivity contribution in [3.05, 3.63) is 18.2 Å². The van der Waals surface area contributed by atoms with E-state index in [1.165, 1.54) is 12.8 Å². The predicted octanol–water partition coefficient (Wildman–Crippen LogP) is 3.02. The minimum atomic E-state index is -0.250. The zero-order chi connectivity index (χ0) is 13.2. The lowest BCUT2D eigenvalue weighted by molar-refractivity contribution is 0.0522. The first-order valence-electron chi connectivity index (χ1n) is 7.22. The Kier molecular flexibility index (Phi) is 4.10. The molecule has 1 heterocycles. The van der Waals surface area contributed by atoms with Crippen LogP contribution in [0.3, 0.4) is 0 Å². The minimum absolute atomic E-state index is 0.250. The summed E-state index contributed by atoms with van der Waals surface area (Å²) in [5.41, 5.74) is 0.279.